The van der Waals surface area contributed by atoms with E-state index < -0.39 is 0 Å². The Labute approximate surface area is 279 Å². The van der Waals surface area contributed by atoms with Crippen LogP contribution >= 0.6 is 0 Å². The Morgan fingerprint density at radius 2 is 1.70 bits per heavy atom. The lowest BCUT2D eigenvalue weighted by Crippen LogP contribution is -2.23. The molecule has 2 aromatic heterocycles. The normalized spacial score (nSPS) is 11.6. The summed E-state index contributed by atoms with van der Waals surface area (Å²) < 4.78 is 1.58. The van der Waals surface area contributed by atoms with Crippen LogP contribution in [0.3, 0.4) is 0 Å². The molecule has 0 atom stereocenters. The molecule has 252 valence electrons. The highest BCUT2D eigenvalue weighted by molar-refractivity contribution is 5.76. The molecule has 0 bridgehead atoms. The van der Waals surface area contributed by atoms with Crippen molar-refractivity contribution in [2.75, 3.05) is 19.6 Å². The first kappa shape index (κ1) is 37.0. The molecule has 4 rings (SSSR count). The minimum Gasteiger partial charge on any atom is -0.370 e. The van der Waals surface area contributed by atoms with Gasteiger partial charge in [0.25, 0.3) is 0 Å². The predicted molar refractivity (Wildman–Crippen MR) is 194 cm³/mol. The minimum absolute atomic E-state index is 0.0352. The summed E-state index contributed by atoms with van der Waals surface area (Å²) in [4.78, 5) is 23.9. The van der Waals surface area contributed by atoms with Gasteiger partial charge in [-0.05, 0) is 97.6 Å². The molecule has 0 aliphatic heterocycles. The van der Waals surface area contributed by atoms with Gasteiger partial charge >= 0.3 is 5.69 Å². The summed E-state index contributed by atoms with van der Waals surface area (Å²) in [6, 6.07) is 16.5. The second-order valence-electron chi connectivity index (χ2n) is 14.1. The molecule has 0 aliphatic rings. The van der Waals surface area contributed by atoms with Crippen molar-refractivity contribution in [1.29, 1.82) is 5.26 Å². The average molecular weight is 640 g/mol. The molecule has 0 saturated heterocycles. The van der Waals surface area contributed by atoms with E-state index in [0.29, 0.717) is 12.2 Å². The van der Waals surface area contributed by atoms with Gasteiger partial charge in [-0.1, -0.05) is 59.7 Å². The molecule has 2 heterocycles. The fourth-order valence-electron chi connectivity index (χ4n) is 5.29. The molecular weight excluding hydrogens is 586 g/mol. The van der Waals surface area contributed by atoms with Crippen LogP contribution < -0.4 is 28.2 Å². The number of guanidine groups is 1. The van der Waals surface area contributed by atoms with Crippen molar-refractivity contribution < 1.29 is 0 Å². The number of nitrogens with one attached hydrogen (secondary N) is 2. The van der Waals surface area contributed by atoms with Gasteiger partial charge in [0, 0.05) is 35.8 Å². The fourth-order valence-corrected chi connectivity index (χ4v) is 5.29. The molecule has 4 aromatic rings. The molecule has 10 heteroatoms. The zero-order valence-corrected chi connectivity index (χ0v) is 29.2. The number of H-pyrrole nitrogens is 1. The van der Waals surface area contributed by atoms with Crippen LogP contribution in [0.1, 0.15) is 94.3 Å². The maximum absolute atomic E-state index is 12.5. The lowest BCUT2D eigenvalue weighted by molar-refractivity contribution is 0.574. The summed E-state index contributed by atoms with van der Waals surface area (Å²) in [5.74, 6) is 0.123. The Morgan fingerprint density at radius 3 is 2.30 bits per heavy atom. The van der Waals surface area contributed by atoms with E-state index in [-0.39, 0.29) is 22.5 Å². The SMILES string of the molecule is CC(C)(C)c1cc2cn(-c3ccc(CNCCCN=C(N)N)cc3)c(=O)nc2[nH]1.Cc1c(C#N)cc(CCCCN)cc1C(C)(C)C. The van der Waals surface area contributed by atoms with E-state index in [4.69, 9.17) is 17.2 Å². The molecule has 0 aliphatic carbocycles. The fraction of sp³-hybridized carbons (Fsp3) is 0.459. The van der Waals surface area contributed by atoms with E-state index in [1.54, 1.807) is 4.57 Å². The molecule has 10 nitrogen and oxygen atoms in total. The number of aromatic amines is 1. The van der Waals surface area contributed by atoms with Crippen LogP contribution in [0.4, 0.5) is 0 Å². The number of fused-ring (bicyclic) bond motifs is 1. The minimum atomic E-state index is -0.301. The zero-order valence-electron chi connectivity index (χ0n) is 29.2. The average Bonchev–Trinajstić information content (AvgIpc) is 3.43. The molecule has 8 N–H and O–H groups in total. The van der Waals surface area contributed by atoms with Crippen LogP contribution in [0.5, 0.6) is 0 Å². The smallest absolute Gasteiger partial charge is 0.354 e. The van der Waals surface area contributed by atoms with Gasteiger partial charge in [0.1, 0.15) is 5.65 Å². The Kier molecular flexibility index (Phi) is 12.9. The van der Waals surface area contributed by atoms with Gasteiger partial charge in [-0.25, -0.2) is 4.79 Å². The first-order valence-electron chi connectivity index (χ1n) is 16.4. The third-order valence-electron chi connectivity index (χ3n) is 7.98. The summed E-state index contributed by atoms with van der Waals surface area (Å²) in [6.45, 7) is 17.9. The van der Waals surface area contributed by atoms with Crippen molar-refractivity contribution in [1.82, 2.24) is 19.9 Å². The summed E-state index contributed by atoms with van der Waals surface area (Å²) in [5, 5.41) is 13.5. The molecule has 0 fully saturated rings. The number of aliphatic imine (C=N–C) groups is 1. The number of aryl methyl sites for hydroxylation is 1. The van der Waals surface area contributed by atoms with E-state index in [0.717, 1.165) is 78.8 Å². The number of aromatic nitrogens is 3. The first-order chi connectivity index (χ1) is 22.1. The van der Waals surface area contributed by atoms with Crippen LogP contribution in [0.25, 0.3) is 16.7 Å². The van der Waals surface area contributed by atoms with E-state index in [1.165, 1.54) is 11.1 Å². The lowest BCUT2D eigenvalue weighted by atomic mass is 9.81. The molecule has 2 aromatic carbocycles. The van der Waals surface area contributed by atoms with Crippen LogP contribution in [0, 0.1) is 18.3 Å². The van der Waals surface area contributed by atoms with Crippen molar-refractivity contribution in [3.8, 4) is 11.8 Å². The Bertz CT molecular complexity index is 1740. The highest BCUT2D eigenvalue weighted by Gasteiger charge is 2.19. The van der Waals surface area contributed by atoms with Crippen molar-refractivity contribution in [2.24, 2.45) is 22.2 Å². The molecule has 0 amide bonds. The van der Waals surface area contributed by atoms with E-state index in [9.17, 15) is 10.1 Å². The number of nitriles is 1. The van der Waals surface area contributed by atoms with Gasteiger partial charge in [-0.3, -0.25) is 9.56 Å². The van der Waals surface area contributed by atoms with Crippen LogP contribution in [-0.4, -0.2) is 40.1 Å². The van der Waals surface area contributed by atoms with Gasteiger partial charge in [0.05, 0.1) is 17.3 Å². The highest BCUT2D eigenvalue weighted by atomic mass is 16.1. The lowest BCUT2D eigenvalue weighted by Gasteiger charge is -2.23. The predicted octanol–water partition coefficient (Wildman–Crippen LogP) is 5.21. The largest absolute Gasteiger partial charge is 0.370 e. The van der Waals surface area contributed by atoms with E-state index in [2.05, 4.69) is 80.0 Å². The topological polar surface area (TPSA) is 177 Å². The number of unbranched alkanes of at least 4 members (excludes halogenated alkanes) is 1. The van der Waals surface area contributed by atoms with Crippen LogP contribution in [0.2, 0.25) is 0 Å². The number of hydrogen-bond donors (Lipinski definition) is 5. The highest BCUT2D eigenvalue weighted by Crippen LogP contribution is 2.29. The van der Waals surface area contributed by atoms with Gasteiger partial charge in [-0.2, -0.15) is 10.2 Å². The Balaban J connectivity index is 0.000000287. The zero-order chi connectivity index (χ0) is 34.8. The number of hydrogen-bond acceptors (Lipinski definition) is 6. The summed E-state index contributed by atoms with van der Waals surface area (Å²) in [6.07, 6.45) is 5.85. The van der Waals surface area contributed by atoms with Crippen molar-refractivity contribution in [3.05, 3.63) is 92.7 Å². The van der Waals surface area contributed by atoms with E-state index in [1.807, 2.05) is 43.5 Å². The molecular formula is C37H53N9O. The number of rotatable bonds is 11. The van der Waals surface area contributed by atoms with Crippen LogP contribution in [-0.2, 0) is 23.8 Å². The van der Waals surface area contributed by atoms with Crippen LogP contribution in [0.15, 0.2) is 58.4 Å². The van der Waals surface area contributed by atoms with Gasteiger partial charge in [-0.15, -0.1) is 0 Å². The molecule has 0 saturated carbocycles. The molecule has 0 spiro atoms. The monoisotopic (exact) mass is 639 g/mol. The second kappa shape index (κ2) is 16.4. The van der Waals surface area contributed by atoms with E-state index >= 15 is 0 Å². The van der Waals surface area contributed by atoms with Crippen molar-refractivity contribution in [2.45, 2.75) is 91.5 Å². The first-order valence-corrected chi connectivity index (χ1v) is 16.4. The molecule has 0 unspecified atom stereocenters. The maximum Gasteiger partial charge on any atom is 0.354 e. The summed E-state index contributed by atoms with van der Waals surface area (Å²) in [5.41, 5.74) is 23.9. The van der Waals surface area contributed by atoms with Gasteiger partial charge < -0.3 is 27.5 Å². The standard InChI is InChI=1S/C21H29N7O.C16H24N2/c1-21(2,3)17-11-15-13-28(20(29)27-18(15)26-17)16-7-5-14(6-8-16)12-24-9-4-10-25-19(22)23;1-12-14(11-18)9-13(7-5-6-8-17)10-15(12)16(2,3)4/h5-8,11,13,24H,4,9-10,12H2,1-3H3,(H4,22,23,25)(H,26,27,29);9-10H,5-8,17H2,1-4H3. The van der Waals surface area contributed by atoms with Crippen molar-refractivity contribution >= 4 is 17.0 Å². The van der Waals surface area contributed by atoms with Gasteiger partial charge in [0.2, 0.25) is 0 Å². The Morgan fingerprint density at radius 1 is 1.00 bits per heavy atom. The third-order valence-corrected chi connectivity index (χ3v) is 7.98. The quantitative estimate of drug-likeness (QED) is 0.0849. The second-order valence-corrected chi connectivity index (χ2v) is 14.1. The number of nitrogens with two attached hydrogens (primary N) is 3. The third kappa shape index (κ3) is 10.8. The Hall–Kier alpha value is -4.46. The number of benzene rings is 2. The molecule has 0 radical (unpaired) electrons. The number of nitrogens with zero attached hydrogens (tertiary/aromatic N) is 4. The maximum atomic E-state index is 12.5. The summed E-state index contributed by atoms with van der Waals surface area (Å²) >= 11 is 0. The van der Waals surface area contributed by atoms with Crippen molar-refractivity contribution in [3.63, 3.8) is 0 Å². The molecule has 47 heavy (non-hydrogen) atoms. The van der Waals surface area contributed by atoms with Gasteiger partial charge in [0.15, 0.2) is 5.96 Å². The summed E-state index contributed by atoms with van der Waals surface area (Å²) in [7, 11) is 0.